The fourth-order valence-electron chi connectivity index (χ4n) is 1.27. The van der Waals surface area contributed by atoms with E-state index in [0.717, 1.165) is 4.90 Å². The first-order valence-electron chi connectivity index (χ1n) is 5.00. The van der Waals surface area contributed by atoms with E-state index in [9.17, 15) is 9.59 Å². The highest BCUT2D eigenvalue weighted by atomic mass is 16.4. The molecule has 1 unspecified atom stereocenters. The van der Waals surface area contributed by atoms with E-state index in [1.165, 1.54) is 7.05 Å². The Morgan fingerprint density at radius 1 is 1.50 bits per heavy atom. The van der Waals surface area contributed by atoms with Crippen molar-refractivity contribution in [3.63, 3.8) is 0 Å². The fourth-order valence-corrected chi connectivity index (χ4v) is 1.27. The molecule has 0 saturated carbocycles. The van der Waals surface area contributed by atoms with Gasteiger partial charge in [0.2, 0.25) is 5.91 Å². The van der Waals surface area contributed by atoms with Gasteiger partial charge in [-0.05, 0) is 12.3 Å². The minimum Gasteiger partial charge on any atom is -0.465 e. The summed E-state index contributed by atoms with van der Waals surface area (Å²) in [5, 5.41) is 19.5. The van der Waals surface area contributed by atoms with Crippen LogP contribution in [0.1, 0.15) is 20.3 Å². The third-order valence-electron chi connectivity index (χ3n) is 2.11. The van der Waals surface area contributed by atoms with Crippen molar-refractivity contribution in [2.75, 3.05) is 13.6 Å². The van der Waals surface area contributed by atoms with E-state index < -0.39 is 18.0 Å². The van der Waals surface area contributed by atoms with E-state index in [1.807, 2.05) is 13.8 Å². The standard InChI is InChI=1S/C10H17N3O3/c1-7(2)6-8(13(3)10(15)16)9(14)12-5-4-11/h7-8H,5-6H2,1-3H3,(H,12,14)(H,15,16). The Bertz CT molecular complexity index is 296. The predicted molar refractivity (Wildman–Crippen MR) is 57.7 cm³/mol. The molecular weight excluding hydrogens is 210 g/mol. The van der Waals surface area contributed by atoms with Crippen LogP contribution in [0, 0.1) is 17.2 Å². The maximum atomic E-state index is 11.6. The molecule has 0 aromatic rings. The fraction of sp³-hybridized carbons (Fsp3) is 0.700. The highest BCUT2D eigenvalue weighted by molar-refractivity contribution is 5.85. The second-order valence-corrected chi connectivity index (χ2v) is 3.91. The summed E-state index contributed by atoms with van der Waals surface area (Å²) < 4.78 is 0. The van der Waals surface area contributed by atoms with Gasteiger partial charge in [0, 0.05) is 7.05 Å². The molecule has 0 aromatic carbocycles. The van der Waals surface area contributed by atoms with Crippen molar-refractivity contribution < 1.29 is 14.7 Å². The zero-order valence-corrected chi connectivity index (χ0v) is 9.73. The summed E-state index contributed by atoms with van der Waals surface area (Å²) in [4.78, 5) is 23.4. The van der Waals surface area contributed by atoms with Crippen LogP contribution in [0.25, 0.3) is 0 Å². The predicted octanol–water partition coefficient (Wildman–Crippen LogP) is 0.651. The lowest BCUT2D eigenvalue weighted by atomic mass is 10.0. The smallest absolute Gasteiger partial charge is 0.407 e. The van der Waals surface area contributed by atoms with Gasteiger partial charge in [0.1, 0.15) is 12.6 Å². The number of carboxylic acid groups (broad SMARTS) is 1. The lowest BCUT2D eigenvalue weighted by molar-refractivity contribution is -0.125. The highest BCUT2D eigenvalue weighted by Gasteiger charge is 2.26. The van der Waals surface area contributed by atoms with Gasteiger partial charge in [0.05, 0.1) is 6.07 Å². The van der Waals surface area contributed by atoms with Crippen LogP contribution in [0.15, 0.2) is 0 Å². The zero-order chi connectivity index (χ0) is 12.7. The number of hydrogen-bond donors (Lipinski definition) is 2. The van der Waals surface area contributed by atoms with Gasteiger partial charge in [-0.25, -0.2) is 4.79 Å². The second-order valence-electron chi connectivity index (χ2n) is 3.91. The Balaban J connectivity index is 4.60. The van der Waals surface area contributed by atoms with Gasteiger partial charge in [0.15, 0.2) is 0 Å². The average Bonchev–Trinajstić information content (AvgIpc) is 2.21. The number of nitriles is 1. The highest BCUT2D eigenvalue weighted by Crippen LogP contribution is 2.10. The molecule has 6 heteroatoms. The summed E-state index contributed by atoms with van der Waals surface area (Å²) in [6.45, 7) is 3.70. The number of carbonyl (C=O) groups is 2. The third kappa shape index (κ3) is 4.64. The van der Waals surface area contributed by atoms with Crippen molar-refractivity contribution in [3.05, 3.63) is 0 Å². The molecule has 0 aliphatic rings. The number of rotatable bonds is 5. The van der Waals surface area contributed by atoms with E-state index in [2.05, 4.69) is 5.32 Å². The van der Waals surface area contributed by atoms with Crippen molar-refractivity contribution in [3.8, 4) is 6.07 Å². The first-order chi connectivity index (χ1) is 7.40. The molecule has 0 saturated heterocycles. The summed E-state index contributed by atoms with van der Waals surface area (Å²) in [5.74, 6) is -0.236. The summed E-state index contributed by atoms with van der Waals surface area (Å²) in [5.41, 5.74) is 0. The normalized spacial score (nSPS) is 11.7. The molecular formula is C10H17N3O3. The Hall–Kier alpha value is -1.77. The van der Waals surface area contributed by atoms with Crippen molar-refractivity contribution in [1.29, 1.82) is 5.26 Å². The van der Waals surface area contributed by atoms with Crippen LogP contribution >= 0.6 is 0 Å². The van der Waals surface area contributed by atoms with Crippen LogP contribution < -0.4 is 5.32 Å². The van der Waals surface area contributed by atoms with E-state index in [0.29, 0.717) is 6.42 Å². The van der Waals surface area contributed by atoms with E-state index in [1.54, 1.807) is 6.07 Å². The van der Waals surface area contributed by atoms with Gasteiger partial charge in [-0.3, -0.25) is 9.69 Å². The first kappa shape index (κ1) is 14.2. The average molecular weight is 227 g/mol. The van der Waals surface area contributed by atoms with Gasteiger partial charge in [0.25, 0.3) is 0 Å². The number of amides is 2. The monoisotopic (exact) mass is 227 g/mol. The number of nitrogens with one attached hydrogen (secondary N) is 1. The molecule has 2 N–H and O–H groups in total. The lowest BCUT2D eigenvalue weighted by Gasteiger charge is -2.25. The molecule has 0 rings (SSSR count). The van der Waals surface area contributed by atoms with E-state index in [-0.39, 0.29) is 12.5 Å². The SMILES string of the molecule is CC(C)CC(C(=O)NCC#N)N(C)C(=O)O. The maximum Gasteiger partial charge on any atom is 0.407 e. The van der Waals surface area contributed by atoms with Crippen LogP contribution in [0.2, 0.25) is 0 Å². The lowest BCUT2D eigenvalue weighted by Crippen LogP contribution is -2.48. The molecule has 16 heavy (non-hydrogen) atoms. The summed E-state index contributed by atoms with van der Waals surface area (Å²) in [6.07, 6.45) is -0.724. The van der Waals surface area contributed by atoms with Gasteiger partial charge in [-0.2, -0.15) is 5.26 Å². The maximum absolute atomic E-state index is 11.6. The molecule has 90 valence electrons. The largest absolute Gasteiger partial charge is 0.465 e. The number of nitrogens with zero attached hydrogens (tertiary/aromatic N) is 2. The van der Waals surface area contributed by atoms with Gasteiger partial charge in [-0.15, -0.1) is 0 Å². The van der Waals surface area contributed by atoms with Crippen LogP contribution in [-0.2, 0) is 4.79 Å². The van der Waals surface area contributed by atoms with Crippen LogP contribution in [0.5, 0.6) is 0 Å². The molecule has 0 bridgehead atoms. The Kier molecular flexibility index (Phi) is 5.93. The van der Waals surface area contributed by atoms with Crippen molar-refractivity contribution in [2.24, 2.45) is 5.92 Å². The van der Waals surface area contributed by atoms with Crippen molar-refractivity contribution in [2.45, 2.75) is 26.3 Å². The number of hydrogen-bond acceptors (Lipinski definition) is 3. The molecule has 0 aliphatic heterocycles. The summed E-state index contributed by atoms with van der Waals surface area (Å²) in [7, 11) is 1.35. The molecule has 0 spiro atoms. The van der Waals surface area contributed by atoms with E-state index >= 15 is 0 Å². The Morgan fingerprint density at radius 2 is 2.06 bits per heavy atom. The van der Waals surface area contributed by atoms with Crippen molar-refractivity contribution >= 4 is 12.0 Å². The summed E-state index contributed by atoms with van der Waals surface area (Å²) >= 11 is 0. The van der Waals surface area contributed by atoms with Crippen LogP contribution in [-0.4, -0.2) is 41.6 Å². The van der Waals surface area contributed by atoms with Crippen LogP contribution in [0.3, 0.4) is 0 Å². The first-order valence-corrected chi connectivity index (χ1v) is 5.00. The molecule has 0 aliphatic carbocycles. The zero-order valence-electron chi connectivity index (χ0n) is 9.73. The second kappa shape index (κ2) is 6.67. The minimum absolute atomic E-state index is 0.110. The van der Waals surface area contributed by atoms with Crippen LogP contribution in [0.4, 0.5) is 4.79 Å². The third-order valence-corrected chi connectivity index (χ3v) is 2.11. The molecule has 0 heterocycles. The molecule has 6 nitrogen and oxygen atoms in total. The van der Waals surface area contributed by atoms with Crippen molar-refractivity contribution in [1.82, 2.24) is 10.2 Å². The molecule has 1 atom stereocenters. The number of carbonyl (C=O) groups excluding carboxylic acids is 1. The quantitative estimate of drug-likeness (QED) is 0.674. The molecule has 2 amide bonds. The number of likely N-dealkylation sites (N-methyl/N-ethyl adjacent to an activating group) is 1. The van der Waals surface area contributed by atoms with Gasteiger partial charge >= 0.3 is 6.09 Å². The van der Waals surface area contributed by atoms with Gasteiger partial charge < -0.3 is 10.4 Å². The van der Waals surface area contributed by atoms with Gasteiger partial charge in [-0.1, -0.05) is 13.8 Å². The minimum atomic E-state index is -1.15. The molecule has 0 fully saturated rings. The molecule has 0 aromatic heterocycles. The topological polar surface area (TPSA) is 93.4 Å². The molecule has 0 radical (unpaired) electrons. The van der Waals surface area contributed by atoms with E-state index in [4.69, 9.17) is 10.4 Å². The Labute approximate surface area is 94.8 Å². The Morgan fingerprint density at radius 3 is 2.44 bits per heavy atom. The summed E-state index contributed by atoms with van der Waals surface area (Å²) in [6, 6.07) is 1.03.